The van der Waals surface area contributed by atoms with Gasteiger partial charge in [-0.1, -0.05) is 59.6 Å². The fraction of sp³-hybridized carbons (Fsp3) is 0.231. The first-order valence-electron chi connectivity index (χ1n) is 11.0. The lowest BCUT2D eigenvalue weighted by Gasteiger charge is -2.39. The second kappa shape index (κ2) is 9.56. The minimum atomic E-state index is -0.170. The van der Waals surface area contributed by atoms with Gasteiger partial charge in [0.05, 0.1) is 0 Å². The summed E-state index contributed by atoms with van der Waals surface area (Å²) in [5.74, 6) is 1.09. The van der Waals surface area contributed by atoms with Crippen LogP contribution in [-0.2, 0) is 0 Å². The van der Waals surface area contributed by atoms with Gasteiger partial charge in [-0.05, 0) is 54.4 Å². The van der Waals surface area contributed by atoms with Gasteiger partial charge in [0, 0.05) is 47.5 Å². The van der Waals surface area contributed by atoms with E-state index in [9.17, 15) is 0 Å². The van der Waals surface area contributed by atoms with E-state index in [2.05, 4.69) is 39.1 Å². The van der Waals surface area contributed by atoms with Gasteiger partial charge in [-0.25, -0.2) is 0 Å². The molecule has 3 aromatic carbocycles. The lowest BCUT2D eigenvalue weighted by atomic mass is 10.0. The summed E-state index contributed by atoms with van der Waals surface area (Å²) in [4.78, 5) is 4.76. The Kier molecular flexibility index (Phi) is 6.36. The van der Waals surface area contributed by atoms with Crippen LogP contribution in [0.2, 0.25) is 10.0 Å². The molecular formula is C26H24Cl2N4O. The molecule has 7 heteroatoms. The van der Waals surface area contributed by atoms with E-state index in [1.165, 1.54) is 11.3 Å². The monoisotopic (exact) mass is 478 g/mol. The van der Waals surface area contributed by atoms with Gasteiger partial charge in [0.15, 0.2) is 0 Å². The maximum absolute atomic E-state index is 6.35. The molecule has 0 amide bonds. The van der Waals surface area contributed by atoms with E-state index in [0.29, 0.717) is 16.8 Å². The smallest absolute Gasteiger partial charge is 0.247 e. The summed E-state index contributed by atoms with van der Waals surface area (Å²) in [6.45, 7) is 5.55. The van der Waals surface area contributed by atoms with Crippen LogP contribution in [0.4, 0.5) is 5.69 Å². The number of nitrogens with zero attached hydrogens (tertiary/aromatic N) is 4. The molecule has 1 saturated heterocycles. The largest absolute Gasteiger partial charge is 0.419 e. The number of piperazine rings is 1. The van der Waals surface area contributed by atoms with Crippen molar-refractivity contribution >= 4 is 28.9 Å². The minimum absolute atomic E-state index is 0.170. The molecular weight excluding hydrogens is 455 g/mol. The fourth-order valence-electron chi connectivity index (χ4n) is 4.37. The van der Waals surface area contributed by atoms with E-state index in [4.69, 9.17) is 27.6 Å². The average Bonchev–Trinajstić information content (AvgIpc) is 3.32. The Morgan fingerprint density at radius 1 is 0.818 bits per heavy atom. The highest BCUT2D eigenvalue weighted by Gasteiger charge is 2.31. The fourth-order valence-corrected chi connectivity index (χ4v) is 4.74. The Bertz CT molecular complexity index is 1240. The molecule has 5 nitrogen and oxygen atoms in total. The zero-order valence-electron chi connectivity index (χ0n) is 18.3. The van der Waals surface area contributed by atoms with Crippen molar-refractivity contribution < 1.29 is 4.42 Å². The topological polar surface area (TPSA) is 45.4 Å². The number of benzene rings is 3. The van der Waals surface area contributed by atoms with Crippen molar-refractivity contribution in [1.29, 1.82) is 0 Å². The highest BCUT2D eigenvalue weighted by atomic mass is 35.5. The first-order chi connectivity index (χ1) is 16.1. The van der Waals surface area contributed by atoms with E-state index < -0.39 is 0 Å². The van der Waals surface area contributed by atoms with Crippen LogP contribution in [0.5, 0.6) is 0 Å². The molecule has 0 saturated carbocycles. The average molecular weight is 479 g/mol. The third kappa shape index (κ3) is 4.76. The van der Waals surface area contributed by atoms with Crippen molar-refractivity contribution in [3.05, 3.63) is 99.9 Å². The Hall–Kier alpha value is -2.86. The summed E-state index contributed by atoms with van der Waals surface area (Å²) in [7, 11) is 0. The Morgan fingerprint density at radius 3 is 2.33 bits per heavy atom. The molecule has 1 aliphatic rings. The summed E-state index contributed by atoms with van der Waals surface area (Å²) in [5.41, 5.74) is 4.36. The lowest BCUT2D eigenvalue weighted by Crippen LogP contribution is -2.48. The van der Waals surface area contributed by atoms with Crippen LogP contribution < -0.4 is 4.90 Å². The predicted octanol–water partition coefficient (Wildman–Crippen LogP) is 6.26. The number of aryl methyl sites for hydroxylation is 1. The van der Waals surface area contributed by atoms with E-state index in [0.717, 1.165) is 42.3 Å². The Balaban J connectivity index is 1.43. The molecule has 1 fully saturated rings. The molecule has 0 aliphatic carbocycles. The van der Waals surface area contributed by atoms with E-state index in [1.807, 2.05) is 60.7 Å². The number of anilines is 1. The van der Waals surface area contributed by atoms with E-state index >= 15 is 0 Å². The van der Waals surface area contributed by atoms with Crippen LogP contribution in [0, 0.1) is 6.92 Å². The van der Waals surface area contributed by atoms with Crippen LogP contribution >= 0.6 is 23.2 Å². The summed E-state index contributed by atoms with van der Waals surface area (Å²) in [6.07, 6.45) is 0. The molecule has 0 spiro atoms. The van der Waals surface area contributed by atoms with Gasteiger partial charge in [-0.15, -0.1) is 10.2 Å². The maximum atomic E-state index is 6.35. The second-order valence-corrected chi connectivity index (χ2v) is 9.10. The second-order valence-electron chi connectivity index (χ2n) is 8.22. The van der Waals surface area contributed by atoms with Gasteiger partial charge in [-0.3, -0.25) is 4.90 Å². The molecule has 4 aromatic rings. The van der Waals surface area contributed by atoms with Gasteiger partial charge >= 0.3 is 0 Å². The van der Waals surface area contributed by atoms with Crippen molar-refractivity contribution in [1.82, 2.24) is 15.1 Å². The molecule has 33 heavy (non-hydrogen) atoms. The highest BCUT2D eigenvalue weighted by molar-refractivity contribution is 6.31. The number of aromatic nitrogens is 2. The minimum Gasteiger partial charge on any atom is -0.419 e. The molecule has 1 aliphatic heterocycles. The number of hydrogen-bond donors (Lipinski definition) is 0. The predicted molar refractivity (Wildman–Crippen MR) is 133 cm³/mol. The normalized spacial score (nSPS) is 15.5. The summed E-state index contributed by atoms with van der Waals surface area (Å²) < 4.78 is 6.19. The zero-order valence-corrected chi connectivity index (χ0v) is 19.8. The van der Waals surface area contributed by atoms with Gasteiger partial charge in [0.1, 0.15) is 6.04 Å². The highest BCUT2D eigenvalue weighted by Crippen LogP contribution is 2.33. The first-order valence-corrected chi connectivity index (χ1v) is 11.7. The standard InChI is InChI=1S/C26H24Cl2N4O/c1-18-10-11-22(28)17-23(18)31-12-14-32(15-13-31)24(20-8-5-9-21(27)16-20)26-30-29-25(33-26)19-6-3-2-4-7-19/h2-11,16-17,24H,12-15H2,1H3. The molecule has 2 heterocycles. The third-order valence-electron chi connectivity index (χ3n) is 6.05. The molecule has 1 unspecified atom stereocenters. The molecule has 0 N–H and O–H groups in total. The maximum Gasteiger partial charge on any atom is 0.247 e. The van der Waals surface area contributed by atoms with Crippen LogP contribution in [0.3, 0.4) is 0 Å². The number of halogens is 2. The molecule has 0 bridgehead atoms. The molecule has 5 rings (SSSR count). The number of rotatable bonds is 5. The third-order valence-corrected chi connectivity index (χ3v) is 6.52. The zero-order chi connectivity index (χ0) is 22.8. The van der Waals surface area contributed by atoms with Crippen molar-refractivity contribution in [3.8, 4) is 11.5 Å². The van der Waals surface area contributed by atoms with Crippen molar-refractivity contribution in [2.45, 2.75) is 13.0 Å². The van der Waals surface area contributed by atoms with Gasteiger partial charge < -0.3 is 9.32 Å². The first kappa shape index (κ1) is 22.0. The SMILES string of the molecule is Cc1ccc(Cl)cc1N1CCN(C(c2cccc(Cl)c2)c2nnc(-c3ccccc3)o2)CC1. The Labute approximate surface area is 203 Å². The number of hydrogen-bond acceptors (Lipinski definition) is 5. The molecule has 168 valence electrons. The van der Waals surface area contributed by atoms with E-state index in [1.54, 1.807) is 0 Å². The molecule has 0 radical (unpaired) electrons. The van der Waals surface area contributed by atoms with Crippen LogP contribution in [0.25, 0.3) is 11.5 Å². The summed E-state index contributed by atoms with van der Waals surface area (Å²) >= 11 is 12.6. The van der Waals surface area contributed by atoms with Gasteiger partial charge in [0.2, 0.25) is 11.8 Å². The van der Waals surface area contributed by atoms with Gasteiger partial charge in [-0.2, -0.15) is 0 Å². The van der Waals surface area contributed by atoms with Crippen molar-refractivity contribution in [3.63, 3.8) is 0 Å². The van der Waals surface area contributed by atoms with Crippen LogP contribution in [0.15, 0.2) is 77.2 Å². The van der Waals surface area contributed by atoms with Crippen LogP contribution in [0.1, 0.15) is 23.1 Å². The van der Waals surface area contributed by atoms with Crippen molar-refractivity contribution in [2.75, 3.05) is 31.1 Å². The van der Waals surface area contributed by atoms with Crippen molar-refractivity contribution in [2.24, 2.45) is 0 Å². The summed E-state index contributed by atoms with van der Waals surface area (Å²) in [5, 5.41) is 10.2. The van der Waals surface area contributed by atoms with E-state index in [-0.39, 0.29) is 6.04 Å². The Morgan fingerprint density at radius 2 is 1.58 bits per heavy atom. The molecule has 1 aromatic heterocycles. The van der Waals surface area contributed by atoms with Gasteiger partial charge in [0.25, 0.3) is 0 Å². The van der Waals surface area contributed by atoms with Crippen LogP contribution in [-0.4, -0.2) is 41.3 Å². The summed E-state index contributed by atoms with van der Waals surface area (Å²) in [6, 6.07) is 23.6. The quantitative estimate of drug-likeness (QED) is 0.338. The molecule has 1 atom stereocenters. The lowest BCUT2D eigenvalue weighted by molar-refractivity contribution is 0.188.